The van der Waals surface area contributed by atoms with Gasteiger partial charge in [0.1, 0.15) is 12.4 Å². The van der Waals surface area contributed by atoms with Crippen molar-refractivity contribution in [3.8, 4) is 5.75 Å². The molecule has 0 amide bonds. The molecule has 1 rings (SSSR count). The van der Waals surface area contributed by atoms with Crippen LogP contribution in [0.4, 0.5) is 0 Å². The van der Waals surface area contributed by atoms with E-state index in [1.165, 1.54) is 44.1 Å². The van der Waals surface area contributed by atoms with Gasteiger partial charge in [0.2, 0.25) is 0 Å². The Kier molecular flexibility index (Phi) is 10.8. The first-order chi connectivity index (χ1) is 10.4. The first-order valence-electron chi connectivity index (χ1n) is 8.27. The molecule has 0 radical (unpaired) electrons. The minimum Gasteiger partial charge on any atom is -0.491 e. The van der Waals surface area contributed by atoms with Gasteiger partial charge in [-0.05, 0) is 30.5 Å². The molecule has 0 aliphatic heterocycles. The normalized spacial score (nSPS) is 10.8. The van der Waals surface area contributed by atoms with Gasteiger partial charge in [0, 0.05) is 0 Å². The van der Waals surface area contributed by atoms with E-state index in [2.05, 4.69) is 19.1 Å². The number of aliphatic hydroxyl groups is 1. The Labute approximate surface area is 129 Å². The van der Waals surface area contributed by atoms with Crippen LogP contribution in [0.5, 0.6) is 5.75 Å². The van der Waals surface area contributed by atoms with Crippen LogP contribution in [0.3, 0.4) is 0 Å². The van der Waals surface area contributed by atoms with Crippen LogP contribution in [0.25, 0.3) is 0 Å². The van der Waals surface area contributed by atoms with Crippen LogP contribution in [-0.4, -0.2) is 31.5 Å². The molecule has 0 saturated carbocycles. The van der Waals surface area contributed by atoms with Gasteiger partial charge in [-0.25, -0.2) is 0 Å². The Hall–Kier alpha value is -1.06. The minimum atomic E-state index is 0.0626. The van der Waals surface area contributed by atoms with Crippen molar-refractivity contribution < 1.29 is 14.6 Å². The topological polar surface area (TPSA) is 38.7 Å². The van der Waals surface area contributed by atoms with E-state index in [1.54, 1.807) is 0 Å². The summed E-state index contributed by atoms with van der Waals surface area (Å²) in [5.74, 6) is 0.884. The summed E-state index contributed by atoms with van der Waals surface area (Å²) in [7, 11) is 0. The van der Waals surface area contributed by atoms with Crippen LogP contribution in [-0.2, 0) is 11.2 Å². The van der Waals surface area contributed by atoms with E-state index >= 15 is 0 Å². The molecule has 1 N–H and O–H groups in total. The largest absolute Gasteiger partial charge is 0.491 e. The third-order valence-electron chi connectivity index (χ3n) is 3.47. The van der Waals surface area contributed by atoms with Crippen LogP contribution >= 0.6 is 0 Å². The van der Waals surface area contributed by atoms with Crippen molar-refractivity contribution in [2.24, 2.45) is 0 Å². The molecule has 120 valence electrons. The molecule has 1 aromatic carbocycles. The van der Waals surface area contributed by atoms with E-state index in [0.29, 0.717) is 19.8 Å². The number of ether oxygens (including phenoxy) is 2. The minimum absolute atomic E-state index is 0.0626. The van der Waals surface area contributed by atoms with Crippen molar-refractivity contribution in [1.29, 1.82) is 0 Å². The molecule has 0 aliphatic carbocycles. The van der Waals surface area contributed by atoms with E-state index < -0.39 is 0 Å². The molecule has 1 aromatic rings. The average Bonchev–Trinajstić information content (AvgIpc) is 2.52. The molecule has 0 atom stereocenters. The highest BCUT2D eigenvalue weighted by atomic mass is 16.5. The van der Waals surface area contributed by atoms with Gasteiger partial charge in [-0.3, -0.25) is 0 Å². The predicted octanol–water partition coefficient (Wildman–Crippen LogP) is 3.98. The summed E-state index contributed by atoms with van der Waals surface area (Å²) >= 11 is 0. The van der Waals surface area contributed by atoms with E-state index in [-0.39, 0.29) is 6.61 Å². The smallest absolute Gasteiger partial charge is 0.119 e. The van der Waals surface area contributed by atoms with Gasteiger partial charge >= 0.3 is 0 Å². The fourth-order valence-electron chi connectivity index (χ4n) is 2.25. The Balaban J connectivity index is 2.09. The molecule has 0 spiro atoms. The summed E-state index contributed by atoms with van der Waals surface area (Å²) < 4.78 is 10.7. The van der Waals surface area contributed by atoms with Crippen molar-refractivity contribution in [3.63, 3.8) is 0 Å². The van der Waals surface area contributed by atoms with Crippen molar-refractivity contribution in [1.82, 2.24) is 0 Å². The molecule has 0 heterocycles. The highest BCUT2D eigenvalue weighted by molar-refractivity contribution is 5.27. The molecule has 0 aromatic heterocycles. The van der Waals surface area contributed by atoms with E-state index in [9.17, 15) is 0 Å². The van der Waals surface area contributed by atoms with Crippen molar-refractivity contribution in [2.45, 2.75) is 51.9 Å². The van der Waals surface area contributed by atoms with Crippen LogP contribution in [0.2, 0.25) is 0 Å². The van der Waals surface area contributed by atoms with Gasteiger partial charge in [-0.1, -0.05) is 51.2 Å². The fourth-order valence-corrected chi connectivity index (χ4v) is 2.25. The zero-order valence-electron chi connectivity index (χ0n) is 13.4. The summed E-state index contributed by atoms with van der Waals surface area (Å²) in [6.07, 6.45) is 9.19. The number of benzene rings is 1. The van der Waals surface area contributed by atoms with Crippen molar-refractivity contribution in [3.05, 3.63) is 29.8 Å². The maximum absolute atomic E-state index is 8.58. The number of hydrogen-bond donors (Lipinski definition) is 1. The van der Waals surface area contributed by atoms with Gasteiger partial charge in [0.25, 0.3) is 0 Å². The highest BCUT2D eigenvalue weighted by Gasteiger charge is 1.97. The first-order valence-corrected chi connectivity index (χ1v) is 8.27. The monoisotopic (exact) mass is 294 g/mol. The summed E-state index contributed by atoms with van der Waals surface area (Å²) in [4.78, 5) is 0. The zero-order chi connectivity index (χ0) is 15.2. The SMILES string of the molecule is CCCCCCCCc1ccc(OCCOCCO)cc1. The summed E-state index contributed by atoms with van der Waals surface area (Å²) in [5, 5.41) is 8.58. The van der Waals surface area contributed by atoms with Gasteiger partial charge < -0.3 is 14.6 Å². The summed E-state index contributed by atoms with van der Waals surface area (Å²) in [6, 6.07) is 8.35. The Morgan fingerprint density at radius 1 is 0.857 bits per heavy atom. The lowest BCUT2D eigenvalue weighted by Gasteiger charge is -2.07. The molecule has 3 heteroatoms. The Morgan fingerprint density at radius 2 is 1.57 bits per heavy atom. The number of aliphatic hydroxyl groups excluding tert-OH is 1. The lowest BCUT2D eigenvalue weighted by atomic mass is 10.0. The number of unbranched alkanes of at least 4 members (excludes halogenated alkanes) is 5. The van der Waals surface area contributed by atoms with Crippen LogP contribution in [0.1, 0.15) is 51.0 Å². The third-order valence-corrected chi connectivity index (χ3v) is 3.47. The molecule has 0 aliphatic rings. The quantitative estimate of drug-likeness (QED) is 0.559. The highest BCUT2D eigenvalue weighted by Crippen LogP contribution is 2.15. The molecular formula is C18H30O3. The first kappa shape index (κ1) is 18.0. The van der Waals surface area contributed by atoms with E-state index in [4.69, 9.17) is 14.6 Å². The van der Waals surface area contributed by atoms with E-state index in [1.807, 2.05) is 12.1 Å². The van der Waals surface area contributed by atoms with Gasteiger partial charge in [-0.15, -0.1) is 0 Å². The maximum atomic E-state index is 8.58. The second-order valence-corrected chi connectivity index (χ2v) is 5.35. The Morgan fingerprint density at radius 3 is 2.29 bits per heavy atom. The molecule has 0 unspecified atom stereocenters. The molecule has 3 nitrogen and oxygen atoms in total. The van der Waals surface area contributed by atoms with Crippen LogP contribution in [0, 0.1) is 0 Å². The molecule has 0 fully saturated rings. The van der Waals surface area contributed by atoms with Crippen LogP contribution in [0.15, 0.2) is 24.3 Å². The standard InChI is InChI=1S/C18H30O3/c1-2-3-4-5-6-7-8-17-9-11-18(12-10-17)21-16-15-20-14-13-19/h9-12,19H,2-8,13-16H2,1H3. The summed E-state index contributed by atoms with van der Waals surface area (Å²) in [5.41, 5.74) is 1.38. The van der Waals surface area contributed by atoms with Crippen molar-refractivity contribution >= 4 is 0 Å². The fraction of sp³-hybridized carbons (Fsp3) is 0.667. The second-order valence-electron chi connectivity index (χ2n) is 5.35. The average molecular weight is 294 g/mol. The van der Waals surface area contributed by atoms with Crippen LogP contribution < -0.4 is 4.74 Å². The summed E-state index contributed by atoms with van der Waals surface area (Å²) in [6.45, 7) is 3.73. The van der Waals surface area contributed by atoms with Gasteiger partial charge in [0.05, 0.1) is 19.8 Å². The zero-order valence-corrected chi connectivity index (χ0v) is 13.4. The van der Waals surface area contributed by atoms with Gasteiger partial charge in [0.15, 0.2) is 0 Å². The molecule has 0 saturated heterocycles. The molecular weight excluding hydrogens is 264 g/mol. The second kappa shape index (κ2) is 12.7. The number of aryl methyl sites for hydroxylation is 1. The lowest BCUT2D eigenvalue weighted by molar-refractivity contribution is 0.0705. The Bertz CT molecular complexity index is 335. The number of hydrogen-bond acceptors (Lipinski definition) is 3. The third kappa shape index (κ3) is 9.48. The van der Waals surface area contributed by atoms with Crippen molar-refractivity contribution in [2.75, 3.05) is 26.4 Å². The van der Waals surface area contributed by atoms with E-state index in [0.717, 1.165) is 12.2 Å². The van der Waals surface area contributed by atoms with Gasteiger partial charge in [-0.2, -0.15) is 0 Å². The molecule has 21 heavy (non-hydrogen) atoms. The maximum Gasteiger partial charge on any atom is 0.119 e. The predicted molar refractivity (Wildman–Crippen MR) is 86.9 cm³/mol. The molecule has 0 bridgehead atoms. The lowest BCUT2D eigenvalue weighted by Crippen LogP contribution is -2.09. The number of rotatable bonds is 13.